The van der Waals surface area contributed by atoms with Gasteiger partial charge in [-0.25, -0.2) is 0 Å². The number of aliphatic hydroxyl groups is 2. The Bertz CT molecular complexity index is 2650. The van der Waals surface area contributed by atoms with Crippen LogP contribution in [0.15, 0.2) is 12.2 Å². The summed E-state index contributed by atoms with van der Waals surface area (Å²) in [6.45, 7) is 28.9. The monoisotopic (exact) mass is 1380 g/mol. The topological polar surface area (TPSA) is 325 Å². The van der Waals surface area contributed by atoms with Crippen molar-refractivity contribution >= 4 is 82.7 Å². The van der Waals surface area contributed by atoms with Crippen LogP contribution in [0.5, 0.6) is 0 Å². The second kappa shape index (κ2) is 40.5. The van der Waals surface area contributed by atoms with E-state index >= 15 is 28.8 Å². The maximum absolute atomic E-state index is 15.4. The lowest BCUT2D eigenvalue weighted by molar-refractivity contribution is -0.157. The molecule has 26 nitrogen and oxygen atoms in total. The van der Waals surface area contributed by atoms with Gasteiger partial charge in [0.05, 0.1) is 18.8 Å². The third kappa shape index (κ3) is 25.8. The van der Waals surface area contributed by atoms with Crippen LogP contribution in [0.4, 0.5) is 0 Å². The lowest BCUT2D eigenvalue weighted by Gasteiger charge is -2.41. The summed E-state index contributed by atoms with van der Waals surface area (Å²) in [7, 11) is 11.0. The van der Waals surface area contributed by atoms with Gasteiger partial charge in [0.1, 0.15) is 66.5 Å². The molecule has 1 rings (SSSR count). The van der Waals surface area contributed by atoms with Gasteiger partial charge in [0, 0.05) is 67.9 Å². The van der Waals surface area contributed by atoms with Crippen molar-refractivity contribution in [3.63, 3.8) is 0 Å². The van der Waals surface area contributed by atoms with Crippen LogP contribution in [0.3, 0.4) is 0 Å². The first-order chi connectivity index (χ1) is 44.4. The maximum atomic E-state index is 15.4. The first-order valence-electron chi connectivity index (χ1n) is 34.1. The van der Waals surface area contributed by atoms with E-state index in [0.29, 0.717) is 18.6 Å². The normalized spacial score (nSPS) is 26.0. The molecule has 1 aliphatic heterocycles. The highest BCUT2D eigenvalue weighted by Gasteiger charge is 2.47. The van der Waals surface area contributed by atoms with E-state index in [9.17, 15) is 39.0 Å². The summed E-state index contributed by atoms with van der Waals surface area (Å²) in [6.07, 6.45) is 3.01. The first-order valence-corrected chi connectivity index (χ1v) is 35.3. The average Bonchev–Trinajstić information content (AvgIpc) is 0.808. The Balaban J connectivity index is 4.60. The van der Waals surface area contributed by atoms with Crippen molar-refractivity contribution in [3.8, 4) is 0 Å². The number of ether oxygens (including phenoxy) is 1. The summed E-state index contributed by atoms with van der Waals surface area (Å²) in [4.78, 5) is 185. The highest BCUT2D eigenvalue weighted by Crippen LogP contribution is 2.27. The Hall–Kier alpha value is -6.35. The molecule has 27 heteroatoms. The number of esters is 1. The van der Waals surface area contributed by atoms with Crippen molar-refractivity contribution < 1.29 is 72.5 Å². The van der Waals surface area contributed by atoms with Crippen LogP contribution in [0.1, 0.15) is 175 Å². The molecule has 1 fully saturated rings. The zero-order valence-corrected chi connectivity index (χ0v) is 63.4. The Morgan fingerprint density at radius 1 is 0.562 bits per heavy atom. The molecule has 0 bridgehead atoms. The van der Waals surface area contributed by atoms with E-state index in [2.05, 4.69) is 21.3 Å². The molecule has 0 radical (unpaired) electrons. The van der Waals surface area contributed by atoms with E-state index in [0.717, 1.165) is 14.7 Å². The minimum Gasteiger partial charge on any atom is -0.469 e. The summed E-state index contributed by atoms with van der Waals surface area (Å²) >= 11 is 1.22. The first kappa shape index (κ1) is 87.7. The quantitative estimate of drug-likeness (QED) is 0.0510. The summed E-state index contributed by atoms with van der Waals surface area (Å²) in [5.41, 5.74) is -1.62. The molecular weight excluding hydrogens is 1250 g/mol. The Labute approximate surface area is 577 Å². The van der Waals surface area contributed by atoms with E-state index in [1.54, 1.807) is 60.6 Å². The van der Waals surface area contributed by atoms with Crippen molar-refractivity contribution in [1.82, 2.24) is 55.6 Å². The summed E-state index contributed by atoms with van der Waals surface area (Å²) in [6, 6.07) is -14.7. The zero-order valence-electron chi connectivity index (χ0n) is 62.6. The van der Waals surface area contributed by atoms with Gasteiger partial charge in [-0.15, -0.1) is 0 Å². The lowest BCUT2D eigenvalue weighted by atomic mass is 9.91. The van der Waals surface area contributed by atoms with Crippen molar-refractivity contribution in [2.45, 2.75) is 254 Å². The Morgan fingerprint density at radius 3 is 1.54 bits per heavy atom. The van der Waals surface area contributed by atoms with Crippen LogP contribution in [0.25, 0.3) is 0 Å². The lowest BCUT2D eigenvalue weighted by Crippen LogP contribution is -2.64. The van der Waals surface area contributed by atoms with Gasteiger partial charge < -0.3 is 70.5 Å². The van der Waals surface area contributed by atoms with E-state index in [-0.39, 0.29) is 68.5 Å². The summed E-state index contributed by atoms with van der Waals surface area (Å²) in [5.74, 6) is -10.7. The molecule has 11 amide bonds. The van der Waals surface area contributed by atoms with Crippen LogP contribution in [0, 0.1) is 35.5 Å². The molecule has 0 aromatic carbocycles. The van der Waals surface area contributed by atoms with Gasteiger partial charge in [-0.2, -0.15) is 11.8 Å². The van der Waals surface area contributed by atoms with E-state index in [1.165, 1.54) is 115 Å². The third-order valence-corrected chi connectivity index (χ3v) is 19.0. The van der Waals surface area contributed by atoms with Crippen LogP contribution in [-0.2, 0) is 62.3 Å². The average molecular weight is 1380 g/mol. The molecule has 0 aromatic rings. The van der Waals surface area contributed by atoms with E-state index < -0.39 is 167 Å². The fourth-order valence-corrected chi connectivity index (χ4v) is 12.8. The van der Waals surface area contributed by atoms with Gasteiger partial charge >= 0.3 is 5.97 Å². The molecule has 0 aliphatic carbocycles. The van der Waals surface area contributed by atoms with Crippen molar-refractivity contribution in [3.05, 3.63) is 12.2 Å². The molecule has 13 atom stereocenters. The molecule has 0 unspecified atom stereocenters. The molecule has 0 spiro atoms. The molecule has 550 valence electrons. The number of thioether (sulfide) groups is 1. The zero-order chi connectivity index (χ0) is 74.3. The van der Waals surface area contributed by atoms with Crippen molar-refractivity contribution in [2.75, 3.05) is 67.9 Å². The number of nitrogens with one attached hydrogen (secondary N) is 4. The maximum Gasteiger partial charge on any atom is 0.305 e. The minimum atomic E-state index is -1.69. The number of hydrogen-bond donors (Lipinski definition) is 6. The van der Waals surface area contributed by atoms with Crippen LogP contribution >= 0.6 is 11.8 Å². The number of carbonyl (C=O) groups excluding carboxylic acids is 12. The Kier molecular flexibility index (Phi) is 37.0. The largest absolute Gasteiger partial charge is 0.469 e. The molecule has 0 saturated carbocycles. The molecular formula is C69H123N11O15S. The smallest absolute Gasteiger partial charge is 0.305 e. The number of aliphatic hydroxyl groups excluding tert-OH is 1. The molecule has 96 heavy (non-hydrogen) atoms. The molecule has 6 N–H and O–H groups in total. The number of allylic oxidation sites excluding steroid dienone is 2. The van der Waals surface area contributed by atoms with Crippen molar-refractivity contribution in [1.29, 1.82) is 0 Å². The van der Waals surface area contributed by atoms with E-state index in [4.69, 9.17) is 4.74 Å². The van der Waals surface area contributed by atoms with E-state index in [1.807, 2.05) is 41.5 Å². The molecule has 1 heterocycles. The van der Waals surface area contributed by atoms with Gasteiger partial charge in [-0.05, 0) is 121 Å². The number of nitrogens with zero attached hydrogens (tertiary/aromatic N) is 7. The third-order valence-electron chi connectivity index (χ3n) is 17.9. The highest BCUT2D eigenvalue weighted by atomic mass is 32.2. The number of hydrogen-bond acceptors (Lipinski definition) is 16. The van der Waals surface area contributed by atoms with Crippen LogP contribution in [0.2, 0.25) is 0 Å². The second-order valence-corrected chi connectivity index (χ2v) is 29.9. The van der Waals surface area contributed by atoms with Gasteiger partial charge in [0.25, 0.3) is 0 Å². The predicted octanol–water partition coefficient (Wildman–Crippen LogP) is 3.83. The van der Waals surface area contributed by atoms with Crippen molar-refractivity contribution in [2.24, 2.45) is 35.5 Å². The van der Waals surface area contributed by atoms with Gasteiger partial charge in [-0.1, -0.05) is 95.2 Å². The number of likely N-dealkylation sites (N-methyl/N-ethyl adjacent to an activating group) is 7. The second-order valence-electron chi connectivity index (χ2n) is 28.8. The van der Waals surface area contributed by atoms with Crippen LogP contribution < -0.4 is 21.3 Å². The SMILES string of the molecule is C/C=C/C[C@@H](C)[C@@H](O)[C@H]1C(=O)N[C@H](CC)C(=O)N(C)[C@@H](CSCCCC(=O)OC)C(=O)N(C)[C@@H](CC(C)(C)O)C(=O)N[C@H](C(C)C)C(=O)N(C)[C@H](CC(C)C)C(=O)N[C@H](C)C(=O)N[C@@H](C)C(=O)N(C)[C@@H](CC(C)C)C(=O)N(C)[C@H](CCC(C)C)C(=O)N(C)[C@H](C(C)C)C(=O)N1C. The fraction of sp³-hybridized carbons (Fsp3) is 0.797. The molecule has 1 saturated heterocycles. The molecule has 0 aromatic heterocycles. The van der Waals surface area contributed by atoms with Gasteiger partial charge in [0.15, 0.2) is 0 Å². The number of methoxy groups -OCH3 is 1. The minimum absolute atomic E-state index is 0.0480. The number of amides is 11. The fourth-order valence-electron chi connectivity index (χ4n) is 11.7. The highest BCUT2D eigenvalue weighted by molar-refractivity contribution is 7.99. The van der Waals surface area contributed by atoms with Crippen LogP contribution in [-0.4, -0.2) is 262 Å². The Morgan fingerprint density at radius 2 is 1.04 bits per heavy atom. The standard InChI is InChI=1S/C69H123N11O15S/c1-26-28-30-44(13)57(82)56-61(86)72-47(27-2)63(88)78(22)52(38-96-34-29-31-53(81)95-25)66(91)77(21)51(37-69(16,17)94)60(85)73-54(42(9)10)67(92)75(19)49(35-40(5)6)59(84)70-45(14)58(83)71-46(15)62(87)76(20)50(36-41(7)8)65(90)74(18)48(33-32-39(3)4)64(89)79(23)55(43(11)12)68(93)80(56)24/h26,28,39-52,54-57,82,94H,27,29-38H2,1-25H3,(H,70,84)(H,71,83)(H,72,86)(H,73,85)/b28-26+/t44-,45-,46+,47-,48-,49-,50+,51+,52+,54-,55-,56+,57-/m1/s1. The predicted molar refractivity (Wildman–Crippen MR) is 372 cm³/mol. The number of rotatable bonds is 22. The van der Waals surface area contributed by atoms with Gasteiger partial charge in [0.2, 0.25) is 65.0 Å². The van der Waals surface area contributed by atoms with Gasteiger partial charge in [-0.3, -0.25) is 57.5 Å². The molecule has 1 aliphatic rings. The number of carbonyl (C=O) groups is 12. The summed E-state index contributed by atoms with van der Waals surface area (Å²) < 4.78 is 4.82. The summed E-state index contributed by atoms with van der Waals surface area (Å²) in [5, 5.41) is 34.7.